The van der Waals surface area contributed by atoms with Gasteiger partial charge in [-0.1, -0.05) is 42.5 Å². The van der Waals surface area contributed by atoms with Crippen LogP contribution >= 0.6 is 0 Å². The zero-order valence-electron chi connectivity index (χ0n) is 9.21. The molecule has 0 aromatic heterocycles. The summed E-state index contributed by atoms with van der Waals surface area (Å²) in [5, 5.41) is 0. The first-order chi connectivity index (χ1) is 7.95. The Hall–Kier alpha value is -1.63. The second-order valence-corrected chi connectivity index (χ2v) is 4.39. The summed E-state index contributed by atoms with van der Waals surface area (Å²) in [7, 11) is 0. The summed E-state index contributed by atoms with van der Waals surface area (Å²) < 4.78 is 0. The minimum absolute atomic E-state index is 0.348. The highest BCUT2D eigenvalue weighted by molar-refractivity contribution is 5.78. The normalized spacial score (nSPS) is 27.4. The fourth-order valence-corrected chi connectivity index (χ4v) is 2.59. The molecule has 1 heteroatoms. The predicted molar refractivity (Wildman–Crippen MR) is 68.6 cm³/mol. The molecular formula is C15H15N. The van der Waals surface area contributed by atoms with Crippen LogP contribution in [0.5, 0.6) is 0 Å². The molecule has 2 unspecified atom stereocenters. The van der Waals surface area contributed by atoms with E-state index in [9.17, 15) is 0 Å². The van der Waals surface area contributed by atoms with Crippen molar-refractivity contribution in [2.75, 3.05) is 0 Å². The third-order valence-corrected chi connectivity index (χ3v) is 3.39. The standard InChI is InChI=1S/C15H15N/c1-2-6-12(7-3-1)14-10-4-8-13-9-5-11-16-15(13)14/h1-3,5-7,9-11,13,15H,4,8H2. The molecule has 1 heterocycles. The van der Waals surface area contributed by atoms with E-state index in [4.69, 9.17) is 0 Å². The molecule has 1 aromatic carbocycles. The van der Waals surface area contributed by atoms with Gasteiger partial charge in [0.05, 0.1) is 6.04 Å². The quantitative estimate of drug-likeness (QED) is 0.671. The molecule has 3 rings (SSSR count). The average molecular weight is 209 g/mol. The highest BCUT2D eigenvalue weighted by Crippen LogP contribution is 2.35. The predicted octanol–water partition coefficient (Wildman–Crippen LogP) is 3.49. The van der Waals surface area contributed by atoms with Gasteiger partial charge in [0.15, 0.2) is 0 Å². The second-order valence-electron chi connectivity index (χ2n) is 4.39. The van der Waals surface area contributed by atoms with Crippen LogP contribution in [0.4, 0.5) is 0 Å². The number of fused-ring (bicyclic) bond motifs is 1. The van der Waals surface area contributed by atoms with Gasteiger partial charge < -0.3 is 0 Å². The molecule has 0 bridgehead atoms. The first-order valence-electron chi connectivity index (χ1n) is 5.90. The van der Waals surface area contributed by atoms with E-state index in [0.717, 1.165) is 0 Å². The first-order valence-corrected chi connectivity index (χ1v) is 5.90. The summed E-state index contributed by atoms with van der Waals surface area (Å²) in [4.78, 5) is 4.63. The SMILES string of the molecule is C1=CC2CCC=C(c3ccccc3)C2N=C1. The maximum atomic E-state index is 4.63. The topological polar surface area (TPSA) is 12.4 Å². The summed E-state index contributed by atoms with van der Waals surface area (Å²) in [5.41, 5.74) is 2.72. The van der Waals surface area contributed by atoms with Crippen LogP contribution in [0.1, 0.15) is 18.4 Å². The Labute approximate surface area is 96.2 Å². The van der Waals surface area contributed by atoms with E-state index in [1.54, 1.807) is 0 Å². The molecule has 0 spiro atoms. The molecule has 0 N–H and O–H groups in total. The summed E-state index contributed by atoms with van der Waals surface area (Å²) in [6.45, 7) is 0. The highest BCUT2D eigenvalue weighted by Gasteiger charge is 2.26. The van der Waals surface area contributed by atoms with E-state index >= 15 is 0 Å². The Balaban J connectivity index is 1.98. The fraction of sp³-hybridized carbons (Fsp3) is 0.267. The number of benzene rings is 1. The molecule has 2 aliphatic rings. The van der Waals surface area contributed by atoms with Crippen LogP contribution in [-0.4, -0.2) is 12.3 Å². The third kappa shape index (κ3) is 1.63. The van der Waals surface area contributed by atoms with Gasteiger partial charge in [-0.2, -0.15) is 0 Å². The molecule has 0 saturated heterocycles. The Morgan fingerprint density at radius 1 is 1.12 bits per heavy atom. The second kappa shape index (κ2) is 4.09. The minimum atomic E-state index is 0.348. The van der Waals surface area contributed by atoms with Gasteiger partial charge in [-0.25, -0.2) is 0 Å². The van der Waals surface area contributed by atoms with Gasteiger partial charge >= 0.3 is 0 Å². The van der Waals surface area contributed by atoms with Crippen molar-refractivity contribution >= 4 is 11.8 Å². The molecule has 2 atom stereocenters. The van der Waals surface area contributed by atoms with Gasteiger partial charge in [0, 0.05) is 12.1 Å². The van der Waals surface area contributed by atoms with E-state index in [2.05, 4.69) is 53.6 Å². The summed E-state index contributed by atoms with van der Waals surface area (Å²) in [6, 6.07) is 11.0. The molecule has 80 valence electrons. The lowest BCUT2D eigenvalue weighted by Gasteiger charge is -2.29. The van der Waals surface area contributed by atoms with E-state index in [1.807, 2.05) is 6.21 Å². The number of rotatable bonds is 1. The molecule has 0 saturated carbocycles. The largest absolute Gasteiger partial charge is 0.284 e. The summed E-state index contributed by atoms with van der Waals surface area (Å²) in [5.74, 6) is 0.602. The van der Waals surface area contributed by atoms with E-state index in [0.29, 0.717) is 12.0 Å². The first kappa shape index (κ1) is 9.59. The molecule has 1 aromatic rings. The van der Waals surface area contributed by atoms with Crippen molar-refractivity contribution in [1.82, 2.24) is 0 Å². The van der Waals surface area contributed by atoms with Gasteiger partial charge in [-0.05, 0) is 30.1 Å². The molecule has 1 nitrogen and oxygen atoms in total. The van der Waals surface area contributed by atoms with Gasteiger partial charge in [-0.15, -0.1) is 0 Å². The summed E-state index contributed by atoms with van der Waals surface area (Å²) >= 11 is 0. The third-order valence-electron chi connectivity index (χ3n) is 3.39. The average Bonchev–Trinajstić information content (AvgIpc) is 2.39. The lowest BCUT2D eigenvalue weighted by atomic mass is 9.80. The van der Waals surface area contributed by atoms with Gasteiger partial charge in [0.25, 0.3) is 0 Å². The molecule has 0 fully saturated rings. The van der Waals surface area contributed by atoms with Crippen LogP contribution in [0, 0.1) is 5.92 Å². The van der Waals surface area contributed by atoms with Crippen molar-refractivity contribution in [3.05, 3.63) is 54.1 Å². The van der Waals surface area contributed by atoms with Crippen LogP contribution in [0.15, 0.2) is 53.6 Å². The minimum Gasteiger partial charge on any atom is -0.284 e. The van der Waals surface area contributed by atoms with Crippen molar-refractivity contribution in [2.45, 2.75) is 18.9 Å². The lowest BCUT2D eigenvalue weighted by Crippen LogP contribution is -2.24. The monoisotopic (exact) mass is 209 g/mol. The van der Waals surface area contributed by atoms with Crippen LogP contribution in [0.25, 0.3) is 5.57 Å². The lowest BCUT2D eigenvalue weighted by molar-refractivity contribution is 0.527. The van der Waals surface area contributed by atoms with E-state index in [1.165, 1.54) is 24.0 Å². The van der Waals surface area contributed by atoms with Crippen molar-refractivity contribution < 1.29 is 0 Å². The van der Waals surface area contributed by atoms with E-state index < -0.39 is 0 Å². The summed E-state index contributed by atoms with van der Waals surface area (Å²) in [6.07, 6.45) is 11.1. The Morgan fingerprint density at radius 3 is 2.88 bits per heavy atom. The Morgan fingerprint density at radius 2 is 2.00 bits per heavy atom. The molecule has 1 aliphatic carbocycles. The molecular weight excluding hydrogens is 194 g/mol. The van der Waals surface area contributed by atoms with Crippen molar-refractivity contribution in [2.24, 2.45) is 10.9 Å². The smallest absolute Gasteiger partial charge is 0.0814 e. The van der Waals surface area contributed by atoms with Crippen LogP contribution in [0.2, 0.25) is 0 Å². The zero-order chi connectivity index (χ0) is 10.8. The number of hydrogen-bond acceptors (Lipinski definition) is 1. The number of hydrogen-bond donors (Lipinski definition) is 0. The molecule has 0 amide bonds. The van der Waals surface area contributed by atoms with Gasteiger partial charge in [-0.3, -0.25) is 4.99 Å². The molecule has 0 radical (unpaired) electrons. The molecule has 16 heavy (non-hydrogen) atoms. The van der Waals surface area contributed by atoms with Crippen LogP contribution < -0.4 is 0 Å². The van der Waals surface area contributed by atoms with Crippen molar-refractivity contribution in [3.8, 4) is 0 Å². The molecule has 1 aliphatic heterocycles. The van der Waals surface area contributed by atoms with Crippen LogP contribution in [-0.2, 0) is 0 Å². The van der Waals surface area contributed by atoms with Gasteiger partial charge in [0.1, 0.15) is 0 Å². The Bertz CT molecular complexity index is 454. The van der Waals surface area contributed by atoms with Crippen molar-refractivity contribution in [1.29, 1.82) is 0 Å². The number of allylic oxidation sites excluding steroid dienone is 2. The van der Waals surface area contributed by atoms with Crippen molar-refractivity contribution in [3.63, 3.8) is 0 Å². The fourth-order valence-electron chi connectivity index (χ4n) is 2.59. The van der Waals surface area contributed by atoms with Crippen LogP contribution in [0.3, 0.4) is 0 Å². The zero-order valence-corrected chi connectivity index (χ0v) is 9.21. The number of nitrogens with zero attached hydrogens (tertiary/aromatic N) is 1. The highest BCUT2D eigenvalue weighted by atomic mass is 14.8. The van der Waals surface area contributed by atoms with E-state index in [-0.39, 0.29) is 0 Å². The maximum absolute atomic E-state index is 4.63. The number of dihydropyridines is 1. The Kier molecular flexibility index (Phi) is 2.45. The maximum Gasteiger partial charge on any atom is 0.0814 e. The number of aliphatic imine (C=N–C) groups is 1. The van der Waals surface area contributed by atoms with Gasteiger partial charge in [0.2, 0.25) is 0 Å².